The normalized spacial score (nSPS) is 8.29. The topological polar surface area (TPSA) is 80.3 Å². The Labute approximate surface area is 55.4 Å². The Morgan fingerprint density at radius 3 is 1.14 bits per heavy atom. The quantitative estimate of drug-likeness (QED) is 0.208. The van der Waals surface area contributed by atoms with E-state index in [0.29, 0.717) is 0 Å². The van der Waals surface area contributed by atoms with Crippen LogP contribution in [0, 0.1) is 0 Å². The van der Waals surface area contributed by atoms with Crippen LogP contribution in [0.1, 0.15) is 0 Å². The van der Waals surface area contributed by atoms with E-state index in [4.69, 9.17) is 17.5 Å². The van der Waals surface area contributed by atoms with E-state index in [1.807, 2.05) is 0 Å². The summed E-state index contributed by atoms with van der Waals surface area (Å²) in [6.45, 7) is 0. The van der Waals surface area contributed by atoms with Crippen LogP contribution < -0.4 is 0 Å². The minimum Gasteiger partial charge on any atom is -0.759 e. The van der Waals surface area contributed by atoms with Crippen LogP contribution in [0.3, 0.4) is 0 Å². The van der Waals surface area contributed by atoms with Gasteiger partial charge in [-0.05, 0) is 0 Å². The first-order valence-electron chi connectivity index (χ1n) is 0.667. The van der Waals surface area contributed by atoms with Gasteiger partial charge in [-0.2, -0.15) is 9.90 Å². The second kappa shape index (κ2) is 4.97. The summed E-state index contributed by atoms with van der Waals surface area (Å²) < 4.78 is 34.1. The molecule has 4 nitrogen and oxygen atoms in total. The Morgan fingerprint density at radius 2 is 1.14 bits per heavy atom. The molecule has 0 amide bonds. The van der Waals surface area contributed by atoms with Crippen LogP contribution in [0.15, 0.2) is 0 Å². The van der Waals surface area contributed by atoms with Crippen molar-refractivity contribution in [1.82, 2.24) is 0 Å². The van der Waals surface area contributed by atoms with Gasteiger partial charge in [0.15, 0.2) is 0 Å². The van der Waals surface area contributed by atoms with Crippen molar-refractivity contribution in [2.75, 3.05) is 0 Å². The maximum Gasteiger partial charge on any atom is 2.00 e. The average Bonchev–Trinajstić information content (AvgIpc) is 0.722. The minimum atomic E-state index is -5.17. The van der Waals surface area contributed by atoms with Gasteiger partial charge in [-0.3, -0.25) is 8.42 Å². The van der Waals surface area contributed by atoms with Gasteiger partial charge in [0, 0.05) is 10.4 Å². The monoisotopic (exact) mass is 193 g/mol. The summed E-state index contributed by atoms with van der Waals surface area (Å²) >= 11 is 0. The fraction of sp³-hybridized carbons (Fsp3) is 0. The third-order valence-corrected chi connectivity index (χ3v) is 0. The summed E-state index contributed by atoms with van der Waals surface area (Å²) in [5, 5.41) is 0. The van der Waals surface area contributed by atoms with Gasteiger partial charge < -0.3 is 9.11 Å². The largest absolute Gasteiger partial charge is 2.00 e. The van der Waals surface area contributed by atoms with Gasteiger partial charge in [0.1, 0.15) is 0 Å². The van der Waals surface area contributed by atoms with Crippen molar-refractivity contribution in [2.24, 2.45) is 0 Å². The first-order chi connectivity index (χ1) is 2.00. The van der Waals surface area contributed by atoms with E-state index in [1.165, 1.54) is 0 Å². The zero-order chi connectivity index (χ0) is 4.50. The molecule has 0 aromatic carbocycles. The summed E-state index contributed by atoms with van der Waals surface area (Å²) in [7, 11) is -5.17. The predicted octanol–water partition coefficient (Wildman–Crippen LogP) is -1.28. The van der Waals surface area contributed by atoms with Gasteiger partial charge in [0.05, 0.1) is 0 Å². The van der Waals surface area contributed by atoms with E-state index in [1.54, 1.807) is 0 Å². The van der Waals surface area contributed by atoms with Crippen molar-refractivity contribution in [3.8, 4) is 0 Å². The van der Waals surface area contributed by atoms with Crippen molar-refractivity contribution in [3.63, 3.8) is 0 Å². The van der Waals surface area contributed by atoms with Crippen LogP contribution in [-0.4, -0.2) is 17.5 Å². The van der Waals surface area contributed by atoms with E-state index in [2.05, 4.69) is 0 Å². The molecule has 0 fully saturated rings. The molecule has 0 aromatic heterocycles. The molecule has 49 valence electrons. The number of hydrogen-bond acceptors (Lipinski definition) is 4. The van der Waals surface area contributed by atoms with Crippen molar-refractivity contribution in [1.29, 1.82) is 0 Å². The van der Waals surface area contributed by atoms with Crippen molar-refractivity contribution in [2.45, 2.75) is 0 Å². The Kier molecular flexibility index (Phi) is 11.1. The van der Waals surface area contributed by atoms with Crippen molar-refractivity contribution >= 4 is 20.3 Å². The first kappa shape index (κ1) is 15.7. The molecule has 1 atom stereocenters. The molecule has 1 radical (unpaired) electrons. The summed E-state index contributed by atoms with van der Waals surface area (Å²) in [6.07, 6.45) is 0. The minimum absolute atomic E-state index is 0. The summed E-state index contributed by atoms with van der Waals surface area (Å²) in [5.74, 6) is 0. The van der Waals surface area contributed by atoms with Gasteiger partial charge in [-0.1, -0.05) is 0 Å². The SMILES string of the molecule is O=S(=O)([O-])[O-].P.[Cu+2]. The molecular weight excluding hydrogens is 191 g/mol. The molecule has 0 aliphatic carbocycles. The van der Waals surface area contributed by atoms with E-state index in [-0.39, 0.29) is 27.0 Å². The number of rotatable bonds is 0. The second-order valence-electron chi connectivity index (χ2n) is 0.408. The molecule has 0 aliphatic rings. The van der Waals surface area contributed by atoms with Gasteiger partial charge >= 0.3 is 17.1 Å². The Balaban J connectivity index is -0.0000000800. The molecule has 0 N–H and O–H groups in total. The van der Waals surface area contributed by atoms with Crippen LogP contribution in [0.4, 0.5) is 0 Å². The van der Waals surface area contributed by atoms with Gasteiger partial charge in [0.25, 0.3) is 0 Å². The molecule has 0 aromatic rings. The number of hydrogen-bond donors (Lipinski definition) is 0. The van der Waals surface area contributed by atoms with Gasteiger partial charge in [-0.25, -0.2) is 0 Å². The zero-order valence-electron chi connectivity index (χ0n) is 3.05. The maximum absolute atomic E-state index is 8.52. The predicted molar refractivity (Wildman–Crippen MR) is 21.6 cm³/mol. The Morgan fingerprint density at radius 1 is 1.14 bits per heavy atom. The third-order valence-electron chi connectivity index (χ3n) is 0. The summed E-state index contributed by atoms with van der Waals surface area (Å²) in [4.78, 5) is 0. The summed E-state index contributed by atoms with van der Waals surface area (Å²) in [5.41, 5.74) is 0. The molecule has 7 heteroatoms. The fourth-order valence-electron chi connectivity index (χ4n) is 0. The van der Waals surface area contributed by atoms with Crippen LogP contribution in [0.2, 0.25) is 0 Å². The maximum atomic E-state index is 8.52. The van der Waals surface area contributed by atoms with E-state index in [0.717, 1.165) is 0 Å². The molecule has 7 heavy (non-hydrogen) atoms. The van der Waals surface area contributed by atoms with E-state index >= 15 is 0 Å². The average molecular weight is 194 g/mol. The molecule has 1 unspecified atom stereocenters. The van der Waals surface area contributed by atoms with E-state index in [9.17, 15) is 0 Å². The molecule has 0 aliphatic heterocycles. The molecule has 0 heterocycles. The third kappa shape index (κ3) is 236. The molecule has 0 saturated carbocycles. The molecular formula is H3CuO4PS. The Hall–Kier alpha value is 0.819. The molecule has 0 bridgehead atoms. The van der Waals surface area contributed by atoms with E-state index < -0.39 is 10.4 Å². The standard InChI is InChI=1S/Cu.H2O4S.H3P/c;1-5(2,3)4;/h;(H2,1,2,3,4);1H3/q+2;;/p-2. The van der Waals surface area contributed by atoms with Crippen LogP contribution in [0.25, 0.3) is 0 Å². The van der Waals surface area contributed by atoms with Gasteiger partial charge in [-0.15, -0.1) is 0 Å². The van der Waals surface area contributed by atoms with Crippen LogP contribution >= 0.6 is 9.90 Å². The van der Waals surface area contributed by atoms with Gasteiger partial charge in [0.2, 0.25) is 0 Å². The smallest absolute Gasteiger partial charge is 0.759 e. The molecule has 0 saturated heterocycles. The van der Waals surface area contributed by atoms with Crippen LogP contribution in [-0.2, 0) is 27.5 Å². The first-order valence-corrected chi connectivity index (χ1v) is 2.00. The Bertz CT molecular complexity index is 94.9. The van der Waals surface area contributed by atoms with Crippen molar-refractivity contribution < 1.29 is 34.6 Å². The van der Waals surface area contributed by atoms with Crippen molar-refractivity contribution in [3.05, 3.63) is 0 Å². The van der Waals surface area contributed by atoms with Crippen LogP contribution in [0.5, 0.6) is 0 Å². The molecule has 0 spiro atoms. The summed E-state index contributed by atoms with van der Waals surface area (Å²) in [6, 6.07) is 0. The zero-order valence-corrected chi connectivity index (χ0v) is 6.22. The fourth-order valence-corrected chi connectivity index (χ4v) is 0. The molecule has 0 rings (SSSR count). The second-order valence-corrected chi connectivity index (χ2v) is 1.22.